The van der Waals surface area contributed by atoms with E-state index < -0.39 is 17.9 Å². The molecular weight excluding hydrogens is 318 g/mol. The molecule has 0 bridgehead atoms. The number of nitrogens with zero attached hydrogens (tertiary/aromatic N) is 2. The van der Waals surface area contributed by atoms with Gasteiger partial charge in [0.15, 0.2) is 5.82 Å². The summed E-state index contributed by atoms with van der Waals surface area (Å²) in [4.78, 5) is 14.9. The Morgan fingerprint density at radius 1 is 1.22 bits per heavy atom. The highest BCUT2D eigenvalue weighted by atomic mass is 19.4. The summed E-state index contributed by atoms with van der Waals surface area (Å²) in [5, 5.41) is 5.64. The third-order valence-corrected chi connectivity index (χ3v) is 2.91. The third kappa shape index (κ3) is 5.04. The molecule has 124 valence electrons. The molecule has 0 spiro atoms. The fraction of sp³-hybridized carbons (Fsp3) is 0.357. The zero-order chi connectivity index (χ0) is 16.9. The minimum Gasteiger partial charge on any atom is -0.329 e. The second kappa shape index (κ2) is 7.21. The van der Waals surface area contributed by atoms with Crippen LogP contribution in [-0.2, 0) is 17.4 Å². The van der Waals surface area contributed by atoms with Crippen LogP contribution in [0.25, 0.3) is 0 Å². The number of hydrogen-bond donors (Lipinski definition) is 1. The van der Waals surface area contributed by atoms with E-state index in [2.05, 4.69) is 20.0 Å². The van der Waals surface area contributed by atoms with Crippen molar-refractivity contribution < 1.29 is 26.9 Å². The number of halogens is 4. The van der Waals surface area contributed by atoms with E-state index in [0.717, 1.165) is 0 Å². The van der Waals surface area contributed by atoms with Gasteiger partial charge in [0.25, 0.3) is 0 Å². The quantitative estimate of drug-likeness (QED) is 0.649. The average Bonchev–Trinajstić information content (AvgIpc) is 2.95. The molecule has 0 saturated heterocycles. The topological polar surface area (TPSA) is 68.0 Å². The third-order valence-electron chi connectivity index (χ3n) is 2.91. The lowest BCUT2D eigenvalue weighted by molar-refractivity contribution is -0.159. The maximum atomic E-state index is 13.3. The number of hydrogen-bond acceptors (Lipinski definition) is 4. The van der Waals surface area contributed by atoms with Crippen LogP contribution in [-0.4, -0.2) is 16.0 Å². The summed E-state index contributed by atoms with van der Waals surface area (Å²) in [5.74, 6) is -2.36. The molecule has 1 aromatic heterocycles. The SMILES string of the molecule is O=C(CCCCc1noc(C(F)(F)F)n1)Nc1ccccc1F. The van der Waals surface area contributed by atoms with Crippen LogP contribution in [0.3, 0.4) is 0 Å². The first-order chi connectivity index (χ1) is 10.9. The van der Waals surface area contributed by atoms with Gasteiger partial charge in [0.05, 0.1) is 5.69 Å². The molecule has 0 fully saturated rings. The number of para-hydroxylation sites is 1. The molecule has 2 aromatic rings. The molecule has 23 heavy (non-hydrogen) atoms. The van der Waals surface area contributed by atoms with Crippen molar-refractivity contribution in [3.63, 3.8) is 0 Å². The molecule has 1 amide bonds. The normalized spacial score (nSPS) is 11.5. The Bertz CT molecular complexity index is 670. The Balaban J connectivity index is 1.72. The van der Waals surface area contributed by atoms with E-state index in [-0.39, 0.29) is 30.3 Å². The molecule has 9 heteroatoms. The highest BCUT2D eigenvalue weighted by molar-refractivity contribution is 5.90. The van der Waals surface area contributed by atoms with Gasteiger partial charge >= 0.3 is 12.1 Å². The largest absolute Gasteiger partial charge is 0.471 e. The van der Waals surface area contributed by atoms with E-state index >= 15 is 0 Å². The molecule has 1 heterocycles. The maximum Gasteiger partial charge on any atom is 0.471 e. The molecule has 1 N–H and O–H groups in total. The van der Waals surface area contributed by atoms with E-state index in [9.17, 15) is 22.4 Å². The number of alkyl halides is 3. The van der Waals surface area contributed by atoms with Crippen molar-refractivity contribution in [2.75, 3.05) is 5.32 Å². The minimum absolute atomic E-state index is 0.0631. The monoisotopic (exact) mass is 331 g/mol. The highest BCUT2D eigenvalue weighted by Crippen LogP contribution is 2.27. The fourth-order valence-electron chi connectivity index (χ4n) is 1.81. The van der Waals surface area contributed by atoms with Crippen molar-refractivity contribution in [1.29, 1.82) is 0 Å². The van der Waals surface area contributed by atoms with Gasteiger partial charge in [-0.25, -0.2) is 4.39 Å². The molecule has 0 radical (unpaired) electrons. The summed E-state index contributed by atoms with van der Waals surface area (Å²) < 4.78 is 54.2. The molecule has 0 saturated carbocycles. The van der Waals surface area contributed by atoms with Crippen LogP contribution in [0.2, 0.25) is 0 Å². The van der Waals surface area contributed by atoms with Gasteiger partial charge < -0.3 is 9.84 Å². The summed E-state index contributed by atoms with van der Waals surface area (Å²) in [6, 6.07) is 5.76. The number of carbonyl (C=O) groups excluding carboxylic acids is 1. The van der Waals surface area contributed by atoms with E-state index in [1.54, 1.807) is 6.07 Å². The predicted molar refractivity (Wildman–Crippen MR) is 71.9 cm³/mol. The number of nitrogens with one attached hydrogen (secondary N) is 1. The number of rotatable bonds is 6. The van der Waals surface area contributed by atoms with Gasteiger partial charge in [-0.3, -0.25) is 4.79 Å². The number of carbonyl (C=O) groups is 1. The standard InChI is InChI=1S/C14H13F4N3O2/c15-9-5-1-2-6-10(9)19-12(22)8-4-3-7-11-20-13(23-21-11)14(16,17)18/h1-2,5-6H,3-4,7-8H2,(H,19,22). The smallest absolute Gasteiger partial charge is 0.329 e. The predicted octanol–water partition coefficient (Wildman–Crippen LogP) is 3.58. The molecule has 5 nitrogen and oxygen atoms in total. The molecule has 0 atom stereocenters. The zero-order valence-corrected chi connectivity index (χ0v) is 11.9. The van der Waals surface area contributed by atoms with Crippen molar-refractivity contribution in [3.05, 3.63) is 41.8 Å². The highest BCUT2D eigenvalue weighted by Gasteiger charge is 2.38. The van der Waals surface area contributed by atoms with E-state index in [4.69, 9.17) is 0 Å². The van der Waals surface area contributed by atoms with E-state index in [0.29, 0.717) is 12.8 Å². The molecule has 2 rings (SSSR count). The Labute approximate surface area is 128 Å². The van der Waals surface area contributed by atoms with Gasteiger partial charge in [-0.2, -0.15) is 18.2 Å². The van der Waals surface area contributed by atoms with Crippen molar-refractivity contribution >= 4 is 11.6 Å². The van der Waals surface area contributed by atoms with Crippen LogP contribution >= 0.6 is 0 Å². The van der Waals surface area contributed by atoms with Gasteiger partial charge in [-0.1, -0.05) is 17.3 Å². The van der Waals surface area contributed by atoms with Crippen molar-refractivity contribution in [3.8, 4) is 0 Å². The summed E-state index contributed by atoms with van der Waals surface area (Å²) in [5.41, 5.74) is 0.0884. The van der Waals surface area contributed by atoms with Gasteiger partial charge in [-0.05, 0) is 25.0 Å². The van der Waals surface area contributed by atoms with Crippen molar-refractivity contribution in [1.82, 2.24) is 10.1 Å². The Morgan fingerprint density at radius 3 is 2.61 bits per heavy atom. The van der Waals surface area contributed by atoms with Gasteiger partial charge in [0.1, 0.15) is 5.82 Å². The van der Waals surface area contributed by atoms with Crippen molar-refractivity contribution in [2.24, 2.45) is 0 Å². The summed E-state index contributed by atoms with van der Waals surface area (Å²) in [6.45, 7) is 0. The molecule has 0 aliphatic rings. The first-order valence-electron chi connectivity index (χ1n) is 6.80. The summed E-state index contributed by atoms with van der Waals surface area (Å²) in [6.07, 6.45) is -3.59. The Hall–Kier alpha value is -2.45. The fourth-order valence-corrected chi connectivity index (χ4v) is 1.81. The van der Waals surface area contributed by atoms with Crippen LogP contribution in [0, 0.1) is 5.82 Å². The van der Waals surface area contributed by atoms with Crippen LogP contribution in [0.15, 0.2) is 28.8 Å². The lowest BCUT2D eigenvalue weighted by atomic mass is 10.2. The summed E-state index contributed by atoms with van der Waals surface area (Å²) in [7, 11) is 0. The molecule has 0 aliphatic carbocycles. The van der Waals surface area contributed by atoms with Gasteiger partial charge in [-0.15, -0.1) is 0 Å². The second-order valence-corrected chi connectivity index (χ2v) is 4.75. The molecule has 0 aliphatic heterocycles. The molecule has 1 aromatic carbocycles. The van der Waals surface area contributed by atoms with E-state index in [1.165, 1.54) is 18.2 Å². The van der Waals surface area contributed by atoms with Crippen LogP contribution in [0.1, 0.15) is 31.0 Å². The average molecular weight is 331 g/mol. The lowest BCUT2D eigenvalue weighted by Gasteiger charge is -2.05. The molecular formula is C14H13F4N3O2. The van der Waals surface area contributed by atoms with Crippen LogP contribution in [0.5, 0.6) is 0 Å². The lowest BCUT2D eigenvalue weighted by Crippen LogP contribution is -2.12. The summed E-state index contributed by atoms with van der Waals surface area (Å²) >= 11 is 0. The van der Waals surface area contributed by atoms with Crippen molar-refractivity contribution in [2.45, 2.75) is 31.9 Å². The minimum atomic E-state index is -4.66. The maximum absolute atomic E-state index is 13.3. The number of unbranched alkanes of at least 4 members (excludes halogenated alkanes) is 1. The first kappa shape index (κ1) is 16.9. The van der Waals surface area contributed by atoms with Gasteiger partial charge in [0, 0.05) is 12.8 Å². The Kier molecular flexibility index (Phi) is 5.30. The number of aromatic nitrogens is 2. The zero-order valence-electron chi connectivity index (χ0n) is 11.9. The number of benzene rings is 1. The number of anilines is 1. The molecule has 0 unspecified atom stereocenters. The van der Waals surface area contributed by atoms with E-state index in [1.807, 2.05) is 0 Å². The Morgan fingerprint density at radius 2 is 1.96 bits per heavy atom. The number of aryl methyl sites for hydroxylation is 1. The van der Waals surface area contributed by atoms with Crippen LogP contribution in [0.4, 0.5) is 23.2 Å². The number of amides is 1. The first-order valence-corrected chi connectivity index (χ1v) is 6.80. The van der Waals surface area contributed by atoms with Crippen LogP contribution < -0.4 is 5.32 Å². The second-order valence-electron chi connectivity index (χ2n) is 4.75. The van der Waals surface area contributed by atoms with Gasteiger partial charge in [0.2, 0.25) is 5.91 Å².